The van der Waals surface area contributed by atoms with Gasteiger partial charge in [-0.15, -0.1) is 0 Å². The van der Waals surface area contributed by atoms with Gasteiger partial charge in [0.1, 0.15) is 5.78 Å². The molecule has 42 heavy (non-hydrogen) atoms. The molecule has 0 saturated heterocycles. The predicted molar refractivity (Wildman–Crippen MR) is 166 cm³/mol. The Bertz CT molecular complexity index is 1530. The Morgan fingerprint density at radius 2 is 1.67 bits per heavy atom. The molecule has 7 nitrogen and oxygen atoms in total. The third kappa shape index (κ3) is 8.37. The Labute approximate surface area is 252 Å². The van der Waals surface area contributed by atoms with E-state index in [1.807, 2.05) is 49.1 Å². The number of nitrogens with zero attached hydrogens (tertiary/aromatic N) is 3. The summed E-state index contributed by atoms with van der Waals surface area (Å²) in [6.07, 6.45) is 7.13. The number of halogens is 1. The first-order chi connectivity index (χ1) is 20.2. The lowest BCUT2D eigenvalue weighted by molar-refractivity contribution is -0.138. The van der Waals surface area contributed by atoms with Crippen LogP contribution >= 0.6 is 11.6 Å². The van der Waals surface area contributed by atoms with Gasteiger partial charge in [0.25, 0.3) is 5.91 Å². The standard InChI is InChI=1S/C34H38ClN3O4/c1-24-12-17-32-31(20-24)30(25(2)38(32)34(42)26-13-15-27(35)16-14-26)21-29(39)11-6-4-3-5-9-19-37(23-33(40)41)22-28-10-7-8-18-36-28/h7-8,10,12-18,20H,3-6,9,11,19,21-23H2,1-2H3,(H,40,41). The smallest absolute Gasteiger partial charge is 0.317 e. The molecule has 0 fully saturated rings. The monoisotopic (exact) mass is 587 g/mol. The highest BCUT2D eigenvalue weighted by Crippen LogP contribution is 2.29. The van der Waals surface area contributed by atoms with Crippen LogP contribution in [0.1, 0.15) is 71.4 Å². The van der Waals surface area contributed by atoms with Gasteiger partial charge in [-0.25, -0.2) is 0 Å². The average molecular weight is 588 g/mol. The van der Waals surface area contributed by atoms with Crippen LogP contribution in [0.25, 0.3) is 10.9 Å². The topological polar surface area (TPSA) is 92.5 Å². The lowest BCUT2D eigenvalue weighted by Gasteiger charge is -2.19. The molecule has 0 amide bonds. The van der Waals surface area contributed by atoms with E-state index >= 15 is 0 Å². The van der Waals surface area contributed by atoms with Gasteiger partial charge >= 0.3 is 5.97 Å². The SMILES string of the molecule is Cc1ccc2c(c1)c(CC(=O)CCCCCCCN(CC(=O)O)Cc1ccccn1)c(C)n2C(=O)c1ccc(Cl)cc1. The zero-order valence-electron chi connectivity index (χ0n) is 24.3. The Balaban J connectivity index is 1.29. The number of fused-ring (bicyclic) bond motifs is 1. The second kappa shape index (κ2) is 14.9. The Morgan fingerprint density at radius 1 is 0.929 bits per heavy atom. The summed E-state index contributed by atoms with van der Waals surface area (Å²) in [5, 5.41) is 10.8. The number of pyridine rings is 1. The number of rotatable bonds is 15. The number of carbonyl (C=O) groups excluding carboxylic acids is 2. The summed E-state index contributed by atoms with van der Waals surface area (Å²) in [5.41, 5.74) is 4.99. The largest absolute Gasteiger partial charge is 0.480 e. The van der Waals surface area contributed by atoms with E-state index in [0.717, 1.165) is 65.5 Å². The van der Waals surface area contributed by atoms with E-state index in [2.05, 4.69) is 11.1 Å². The number of ketones is 1. The van der Waals surface area contributed by atoms with Crippen molar-refractivity contribution in [1.29, 1.82) is 0 Å². The lowest BCUT2D eigenvalue weighted by atomic mass is 10.0. The molecule has 0 atom stereocenters. The molecule has 0 spiro atoms. The molecule has 0 unspecified atom stereocenters. The van der Waals surface area contributed by atoms with E-state index in [-0.39, 0.29) is 18.2 Å². The first kappa shape index (κ1) is 31.1. The molecular formula is C34H38ClN3O4. The van der Waals surface area contributed by atoms with Gasteiger partial charge in [0, 0.05) is 47.2 Å². The maximum absolute atomic E-state index is 13.5. The zero-order chi connectivity index (χ0) is 30.1. The fraction of sp³-hybridized carbons (Fsp3) is 0.353. The average Bonchev–Trinajstić information content (AvgIpc) is 3.22. The van der Waals surface area contributed by atoms with E-state index in [9.17, 15) is 19.5 Å². The number of aromatic nitrogens is 2. The van der Waals surface area contributed by atoms with Crippen molar-refractivity contribution in [3.8, 4) is 0 Å². The number of carboxylic acid groups (broad SMARTS) is 1. The third-order valence-corrected chi connectivity index (χ3v) is 7.81. The number of unbranched alkanes of at least 4 members (excludes halogenated alkanes) is 4. The molecule has 0 bridgehead atoms. The number of hydrogen-bond donors (Lipinski definition) is 1. The summed E-state index contributed by atoms with van der Waals surface area (Å²) in [4.78, 5) is 44.0. The lowest BCUT2D eigenvalue weighted by Crippen LogP contribution is -2.30. The van der Waals surface area contributed by atoms with Crippen molar-refractivity contribution >= 4 is 40.2 Å². The van der Waals surface area contributed by atoms with Crippen LogP contribution in [0.15, 0.2) is 66.9 Å². The summed E-state index contributed by atoms with van der Waals surface area (Å²) in [5.74, 6) is -0.813. The van der Waals surface area contributed by atoms with Crippen LogP contribution in [0.3, 0.4) is 0 Å². The highest BCUT2D eigenvalue weighted by molar-refractivity contribution is 6.30. The van der Waals surface area contributed by atoms with Gasteiger partial charge in [0.15, 0.2) is 0 Å². The number of benzene rings is 2. The van der Waals surface area contributed by atoms with E-state index in [1.54, 1.807) is 35.0 Å². The van der Waals surface area contributed by atoms with E-state index in [4.69, 9.17) is 11.6 Å². The molecule has 4 aromatic rings. The van der Waals surface area contributed by atoms with E-state index in [1.165, 1.54) is 0 Å². The molecule has 0 aliphatic carbocycles. The fourth-order valence-corrected chi connectivity index (χ4v) is 5.53. The molecule has 1 N–H and O–H groups in total. The van der Waals surface area contributed by atoms with Gasteiger partial charge in [-0.05, 0) is 87.3 Å². The number of Topliss-reactive ketones (excluding diaryl/α,β-unsaturated/α-hetero) is 1. The minimum atomic E-state index is -0.840. The van der Waals surface area contributed by atoms with Gasteiger partial charge in [0.05, 0.1) is 17.8 Å². The molecule has 2 aromatic carbocycles. The number of carboxylic acids is 1. The molecule has 220 valence electrons. The minimum Gasteiger partial charge on any atom is -0.480 e. The summed E-state index contributed by atoms with van der Waals surface area (Å²) in [6, 6.07) is 18.5. The van der Waals surface area contributed by atoms with Gasteiger partial charge in [-0.1, -0.05) is 48.6 Å². The van der Waals surface area contributed by atoms with Crippen molar-refractivity contribution in [2.45, 2.75) is 65.3 Å². The maximum Gasteiger partial charge on any atom is 0.317 e. The molecule has 4 rings (SSSR count). The Hall–Kier alpha value is -3.81. The Kier molecular flexibility index (Phi) is 11.0. The number of carbonyl (C=O) groups is 3. The van der Waals surface area contributed by atoms with Crippen molar-refractivity contribution in [2.24, 2.45) is 0 Å². The normalized spacial score (nSPS) is 11.3. The summed E-state index contributed by atoms with van der Waals surface area (Å²) in [7, 11) is 0. The third-order valence-electron chi connectivity index (χ3n) is 7.56. The molecule has 0 radical (unpaired) electrons. The van der Waals surface area contributed by atoms with Gasteiger partial charge in [-0.3, -0.25) is 28.8 Å². The summed E-state index contributed by atoms with van der Waals surface area (Å²) < 4.78 is 1.71. The van der Waals surface area contributed by atoms with Gasteiger partial charge in [0.2, 0.25) is 0 Å². The first-order valence-electron chi connectivity index (χ1n) is 14.5. The first-order valence-corrected chi connectivity index (χ1v) is 14.9. The predicted octanol–water partition coefficient (Wildman–Crippen LogP) is 7.03. The van der Waals surface area contributed by atoms with E-state index in [0.29, 0.717) is 36.5 Å². The van der Waals surface area contributed by atoms with Crippen LogP contribution in [0.5, 0.6) is 0 Å². The second-order valence-corrected chi connectivity index (χ2v) is 11.3. The number of aryl methyl sites for hydroxylation is 1. The molecule has 2 aromatic heterocycles. The van der Waals surface area contributed by atoms with Crippen molar-refractivity contribution in [3.63, 3.8) is 0 Å². The molecule has 0 saturated carbocycles. The van der Waals surface area contributed by atoms with Crippen molar-refractivity contribution in [1.82, 2.24) is 14.5 Å². The molecular weight excluding hydrogens is 550 g/mol. The van der Waals surface area contributed by atoms with Crippen LogP contribution in [-0.4, -0.2) is 50.3 Å². The van der Waals surface area contributed by atoms with E-state index < -0.39 is 5.97 Å². The molecule has 0 aliphatic rings. The number of aliphatic carboxylic acids is 1. The second-order valence-electron chi connectivity index (χ2n) is 10.9. The van der Waals surface area contributed by atoms with Crippen molar-refractivity contribution in [3.05, 3.63) is 100.0 Å². The number of hydrogen-bond acceptors (Lipinski definition) is 5. The van der Waals surface area contributed by atoms with Crippen LogP contribution in [-0.2, 0) is 22.6 Å². The van der Waals surface area contributed by atoms with Gasteiger partial charge < -0.3 is 5.11 Å². The molecule has 2 heterocycles. The Morgan fingerprint density at radius 3 is 2.38 bits per heavy atom. The van der Waals surface area contributed by atoms with Crippen LogP contribution in [0, 0.1) is 13.8 Å². The molecule has 0 aliphatic heterocycles. The summed E-state index contributed by atoms with van der Waals surface area (Å²) >= 11 is 6.02. The zero-order valence-corrected chi connectivity index (χ0v) is 25.1. The molecule has 8 heteroatoms. The van der Waals surface area contributed by atoms with Crippen LogP contribution in [0.4, 0.5) is 0 Å². The van der Waals surface area contributed by atoms with Crippen molar-refractivity contribution < 1.29 is 19.5 Å². The fourth-order valence-electron chi connectivity index (χ4n) is 5.40. The highest BCUT2D eigenvalue weighted by atomic mass is 35.5. The van der Waals surface area contributed by atoms with Crippen LogP contribution < -0.4 is 0 Å². The van der Waals surface area contributed by atoms with Crippen molar-refractivity contribution in [2.75, 3.05) is 13.1 Å². The quantitative estimate of drug-likeness (QED) is 0.150. The maximum atomic E-state index is 13.5. The van der Waals surface area contributed by atoms with Gasteiger partial charge in [-0.2, -0.15) is 0 Å². The van der Waals surface area contributed by atoms with Crippen LogP contribution in [0.2, 0.25) is 5.02 Å². The highest BCUT2D eigenvalue weighted by Gasteiger charge is 2.21. The summed E-state index contributed by atoms with van der Waals surface area (Å²) in [6.45, 7) is 5.12. The minimum absolute atomic E-state index is 0.00821.